The summed E-state index contributed by atoms with van der Waals surface area (Å²) < 4.78 is 38.0. The molecule has 0 fully saturated rings. The molecule has 0 aliphatic carbocycles. The van der Waals surface area contributed by atoms with Crippen molar-refractivity contribution in [1.82, 2.24) is 15.0 Å². The number of halogens is 2. The van der Waals surface area contributed by atoms with Crippen molar-refractivity contribution in [3.8, 4) is 17.1 Å². The zero-order valence-corrected chi connectivity index (χ0v) is 19.2. The average molecular weight is 478 g/mol. The van der Waals surface area contributed by atoms with E-state index in [-0.39, 0.29) is 24.7 Å². The molecule has 0 spiro atoms. The topological polar surface area (TPSA) is 80.5 Å². The molecule has 0 aliphatic heterocycles. The molecular weight excluding hydrogens is 454 g/mol. The van der Waals surface area contributed by atoms with Gasteiger partial charge in [-0.05, 0) is 48.9 Å². The Morgan fingerprint density at radius 2 is 1.83 bits per heavy atom. The molecule has 35 heavy (non-hydrogen) atoms. The third-order valence-electron chi connectivity index (χ3n) is 5.57. The molecule has 0 saturated carbocycles. The summed E-state index contributed by atoms with van der Waals surface area (Å²) in [6.45, 7) is 2.08. The van der Waals surface area contributed by atoms with E-state index in [1.807, 2.05) is 49.4 Å². The number of anilines is 1. The summed E-state index contributed by atoms with van der Waals surface area (Å²) in [6.07, 6.45) is 0.277. The monoisotopic (exact) mass is 478 g/mol. The first kappa shape index (κ1) is 23.9. The van der Waals surface area contributed by atoms with Crippen LogP contribution < -0.4 is 10.1 Å². The van der Waals surface area contributed by atoms with Gasteiger partial charge in [0.1, 0.15) is 17.4 Å². The Kier molecular flexibility index (Phi) is 7.35. The molecular formula is C26H24F2N4O3. The smallest absolute Gasteiger partial charge is 0.322 e. The van der Waals surface area contributed by atoms with E-state index in [1.54, 1.807) is 19.2 Å². The molecule has 7 nitrogen and oxygen atoms in total. The van der Waals surface area contributed by atoms with E-state index < -0.39 is 17.7 Å². The van der Waals surface area contributed by atoms with Gasteiger partial charge in [-0.15, -0.1) is 0 Å². The zero-order chi connectivity index (χ0) is 24.8. The highest BCUT2D eigenvalue weighted by Crippen LogP contribution is 2.24. The van der Waals surface area contributed by atoms with Crippen molar-refractivity contribution in [3.05, 3.63) is 95.9 Å². The molecule has 0 radical (unpaired) electrons. The molecule has 4 aromatic rings. The standard InChI is InChI=1S/C26H24F2N4O3/c1-17(18-6-4-3-5-7-18)32(26(33)29-23-13-10-20(27)16-22(23)28)15-14-24-30-25(31-35-24)19-8-11-21(34-2)12-9-19/h3-13,16-17H,14-15H2,1-2H3,(H,29,33)/t17-/m1/s1. The molecule has 0 unspecified atom stereocenters. The molecule has 1 aromatic heterocycles. The van der Waals surface area contributed by atoms with E-state index in [9.17, 15) is 13.6 Å². The van der Waals surface area contributed by atoms with Crippen LogP contribution in [-0.4, -0.2) is 34.7 Å². The van der Waals surface area contributed by atoms with Crippen LogP contribution in [0.4, 0.5) is 19.3 Å². The number of urea groups is 1. The summed E-state index contributed by atoms with van der Waals surface area (Å²) in [7, 11) is 1.59. The second kappa shape index (κ2) is 10.8. The first-order valence-electron chi connectivity index (χ1n) is 11.0. The molecule has 2 amide bonds. The van der Waals surface area contributed by atoms with Gasteiger partial charge < -0.3 is 19.5 Å². The van der Waals surface area contributed by atoms with Crippen LogP contribution in [-0.2, 0) is 6.42 Å². The van der Waals surface area contributed by atoms with Gasteiger partial charge in [-0.1, -0.05) is 35.5 Å². The third-order valence-corrected chi connectivity index (χ3v) is 5.57. The summed E-state index contributed by atoms with van der Waals surface area (Å²) in [6, 6.07) is 18.8. The van der Waals surface area contributed by atoms with Gasteiger partial charge in [0, 0.05) is 24.6 Å². The number of nitrogens with zero attached hydrogens (tertiary/aromatic N) is 3. The summed E-state index contributed by atoms with van der Waals surface area (Å²) in [5.41, 5.74) is 1.55. The molecule has 4 rings (SSSR count). The van der Waals surface area contributed by atoms with Gasteiger partial charge in [0.25, 0.3) is 0 Å². The van der Waals surface area contributed by atoms with Gasteiger partial charge in [-0.2, -0.15) is 4.98 Å². The molecule has 0 aliphatic rings. The summed E-state index contributed by atoms with van der Waals surface area (Å²) >= 11 is 0. The van der Waals surface area contributed by atoms with E-state index in [0.717, 1.165) is 23.3 Å². The number of ether oxygens (including phenoxy) is 1. The number of carbonyl (C=O) groups excluding carboxylic acids is 1. The number of rotatable bonds is 8. The van der Waals surface area contributed by atoms with Crippen LogP contribution in [0.1, 0.15) is 24.4 Å². The number of amides is 2. The molecule has 180 valence electrons. The second-order valence-corrected chi connectivity index (χ2v) is 7.82. The maximum atomic E-state index is 14.1. The number of aromatic nitrogens is 2. The lowest BCUT2D eigenvalue weighted by Gasteiger charge is -2.29. The fourth-order valence-electron chi connectivity index (χ4n) is 3.59. The number of hydrogen-bond donors (Lipinski definition) is 1. The fourth-order valence-corrected chi connectivity index (χ4v) is 3.59. The van der Waals surface area contributed by atoms with Crippen molar-refractivity contribution >= 4 is 11.7 Å². The normalized spacial score (nSPS) is 11.7. The quantitative estimate of drug-likeness (QED) is 0.343. The minimum Gasteiger partial charge on any atom is -0.497 e. The molecule has 1 N–H and O–H groups in total. The molecule has 9 heteroatoms. The molecule has 3 aromatic carbocycles. The Balaban J connectivity index is 1.51. The Labute approximate surface area is 201 Å². The van der Waals surface area contributed by atoms with E-state index in [2.05, 4.69) is 15.5 Å². The molecule has 0 bridgehead atoms. The van der Waals surface area contributed by atoms with Crippen LogP contribution in [0.2, 0.25) is 0 Å². The van der Waals surface area contributed by atoms with Gasteiger partial charge in [-0.25, -0.2) is 13.6 Å². The van der Waals surface area contributed by atoms with Crippen molar-refractivity contribution < 1.29 is 22.8 Å². The minimum atomic E-state index is -0.855. The predicted octanol–water partition coefficient (Wildman–Crippen LogP) is 5.86. The number of nitrogens with one attached hydrogen (secondary N) is 1. The molecule has 1 atom stereocenters. The van der Waals surface area contributed by atoms with E-state index >= 15 is 0 Å². The number of benzene rings is 3. The minimum absolute atomic E-state index is 0.110. The average Bonchev–Trinajstić information content (AvgIpc) is 3.35. The van der Waals surface area contributed by atoms with Gasteiger partial charge in [0.15, 0.2) is 0 Å². The van der Waals surface area contributed by atoms with Crippen molar-refractivity contribution in [1.29, 1.82) is 0 Å². The van der Waals surface area contributed by atoms with E-state index in [1.165, 1.54) is 11.0 Å². The van der Waals surface area contributed by atoms with Crippen molar-refractivity contribution in [2.45, 2.75) is 19.4 Å². The maximum Gasteiger partial charge on any atom is 0.322 e. The van der Waals surface area contributed by atoms with Crippen molar-refractivity contribution in [2.75, 3.05) is 19.0 Å². The van der Waals surface area contributed by atoms with Crippen LogP contribution in [0.15, 0.2) is 77.3 Å². The van der Waals surface area contributed by atoms with Crippen LogP contribution in [0.5, 0.6) is 5.75 Å². The Hall–Kier alpha value is -4.27. The maximum absolute atomic E-state index is 14.1. The summed E-state index contributed by atoms with van der Waals surface area (Å²) in [5.74, 6) is -0.0950. The number of carbonyl (C=O) groups is 1. The molecule has 1 heterocycles. The Morgan fingerprint density at radius 3 is 2.51 bits per heavy atom. The Bertz CT molecular complexity index is 1280. The van der Waals surface area contributed by atoms with Gasteiger partial charge in [0.05, 0.1) is 18.8 Å². The highest BCUT2D eigenvalue weighted by Gasteiger charge is 2.23. The third kappa shape index (κ3) is 5.81. The summed E-state index contributed by atoms with van der Waals surface area (Å²) in [4.78, 5) is 19.1. The van der Waals surface area contributed by atoms with Crippen LogP contribution >= 0.6 is 0 Å². The number of methoxy groups -OCH3 is 1. The lowest BCUT2D eigenvalue weighted by atomic mass is 10.1. The lowest BCUT2D eigenvalue weighted by molar-refractivity contribution is 0.191. The fraction of sp³-hybridized carbons (Fsp3) is 0.192. The zero-order valence-electron chi connectivity index (χ0n) is 19.2. The first-order valence-corrected chi connectivity index (χ1v) is 11.0. The van der Waals surface area contributed by atoms with Crippen molar-refractivity contribution in [3.63, 3.8) is 0 Å². The van der Waals surface area contributed by atoms with Gasteiger partial charge in [-0.3, -0.25) is 0 Å². The van der Waals surface area contributed by atoms with Crippen molar-refractivity contribution in [2.24, 2.45) is 0 Å². The van der Waals surface area contributed by atoms with Crippen LogP contribution in [0, 0.1) is 11.6 Å². The van der Waals surface area contributed by atoms with Gasteiger partial charge in [0.2, 0.25) is 11.7 Å². The first-order chi connectivity index (χ1) is 16.9. The summed E-state index contributed by atoms with van der Waals surface area (Å²) in [5, 5.41) is 6.56. The lowest BCUT2D eigenvalue weighted by Crippen LogP contribution is -2.38. The highest BCUT2D eigenvalue weighted by atomic mass is 19.1. The van der Waals surface area contributed by atoms with E-state index in [0.29, 0.717) is 17.5 Å². The number of hydrogen-bond acceptors (Lipinski definition) is 5. The predicted molar refractivity (Wildman–Crippen MR) is 127 cm³/mol. The largest absolute Gasteiger partial charge is 0.497 e. The van der Waals surface area contributed by atoms with Crippen LogP contribution in [0.25, 0.3) is 11.4 Å². The van der Waals surface area contributed by atoms with E-state index in [4.69, 9.17) is 9.26 Å². The highest BCUT2D eigenvalue weighted by molar-refractivity contribution is 5.89. The SMILES string of the molecule is COc1ccc(-c2noc(CCN(C(=O)Nc3ccc(F)cc3F)[C@H](C)c3ccccc3)n2)cc1. The van der Waals surface area contributed by atoms with Crippen LogP contribution in [0.3, 0.4) is 0 Å². The van der Waals surface area contributed by atoms with Gasteiger partial charge >= 0.3 is 6.03 Å². The second-order valence-electron chi connectivity index (χ2n) is 7.82. The molecule has 0 saturated heterocycles. The Morgan fingerprint density at radius 1 is 1.09 bits per heavy atom.